The number of hydrogen-bond acceptors (Lipinski definition) is 2. The van der Waals surface area contributed by atoms with Gasteiger partial charge in [0.1, 0.15) is 17.7 Å². The summed E-state index contributed by atoms with van der Waals surface area (Å²) in [7, 11) is 0. The second-order valence-corrected chi connectivity index (χ2v) is 5.23. The van der Waals surface area contributed by atoms with E-state index < -0.39 is 0 Å². The van der Waals surface area contributed by atoms with Gasteiger partial charge in [-0.25, -0.2) is 4.39 Å². The minimum Gasteiger partial charge on any atom is -0.488 e. The van der Waals surface area contributed by atoms with Gasteiger partial charge in [-0.2, -0.15) is 0 Å². The van der Waals surface area contributed by atoms with Crippen LogP contribution in [0.2, 0.25) is 0 Å². The molecular weight excluding hydrogens is 253 g/mol. The van der Waals surface area contributed by atoms with Crippen molar-refractivity contribution in [1.29, 1.82) is 0 Å². The van der Waals surface area contributed by atoms with E-state index in [0.29, 0.717) is 5.75 Å². The van der Waals surface area contributed by atoms with Crippen molar-refractivity contribution in [2.45, 2.75) is 25.9 Å². The van der Waals surface area contributed by atoms with E-state index in [1.54, 1.807) is 6.07 Å². The highest BCUT2D eigenvalue weighted by Crippen LogP contribution is 2.25. The Labute approximate surface area is 118 Å². The molecule has 2 aromatic rings. The molecule has 0 fully saturated rings. The molecule has 0 bridgehead atoms. The largest absolute Gasteiger partial charge is 0.488 e. The maximum absolute atomic E-state index is 13.3. The molecule has 0 amide bonds. The summed E-state index contributed by atoms with van der Waals surface area (Å²) in [6.07, 6.45) is 1.96. The predicted molar refractivity (Wildman–Crippen MR) is 78.8 cm³/mol. The first-order valence-electron chi connectivity index (χ1n) is 6.97. The summed E-state index contributed by atoms with van der Waals surface area (Å²) in [4.78, 5) is 0. The molecule has 3 heteroatoms. The molecule has 2 aromatic carbocycles. The van der Waals surface area contributed by atoms with Gasteiger partial charge in [0.25, 0.3) is 0 Å². The molecule has 1 N–H and O–H groups in total. The second-order valence-electron chi connectivity index (χ2n) is 5.23. The van der Waals surface area contributed by atoms with Crippen LogP contribution < -0.4 is 10.1 Å². The van der Waals surface area contributed by atoms with Crippen LogP contribution in [-0.4, -0.2) is 12.6 Å². The van der Waals surface area contributed by atoms with Crippen molar-refractivity contribution in [2.24, 2.45) is 0 Å². The van der Waals surface area contributed by atoms with Crippen LogP contribution in [0, 0.1) is 12.7 Å². The van der Waals surface area contributed by atoms with Gasteiger partial charge in [-0.3, -0.25) is 0 Å². The Bertz CT molecular complexity index is 585. The summed E-state index contributed by atoms with van der Waals surface area (Å²) in [6.45, 7) is 2.68. The maximum atomic E-state index is 13.3. The molecule has 0 saturated heterocycles. The van der Waals surface area contributed by atoms with E-state index in [0.717, 1.165) is 24.9 Å². The van der Waals surface area contributed by atoms with Crippen LogP contribution in [-0.2, 0) is 6.42 Å². The van der Waals surface area contributed by atoms with Gasteiger partial charge in [0, 0.05) is 11.8 Å². The SMILES string of the molecule is Cc1ccc(F)cc1OC1CCc2ccccc2NC1. The molecule has 1 aliphatic heterocycles. The number of anilines is 1. The first-order chi connectivity index (χ1) is 9.72. The van der Waals surface area contributed by atoms with Gasteiger partial charge in [-0.15, -0.1) is 0 Å². The zero-order valence-corrected chi connectivity index (χ0v) is 11.5. The minimum atomic E-state index is -0.254. The van der Waals surface area contributed by atoms with E-state index in [1.807, 2.05) is 13.0 Å². The lowest BCUT2D eigenvalue weighted by Gasteiger charge is -2.18. The van der Waals surface area contributed by atoms with Gasteiger partial charge >= 0.3 is 0 Å². The number of benzene rings is 2. The molecule has 104 valence electrons. The first-order valence-corrected chi connectivity index (χ1v) is 6.97. The zero-order valence-electron chi connectivity index (χ0n) is 11.5. The van der Waals surface area contributed by atoms with Gasteiger partial charge in [-0.05, 0) is 43.0 Å². The highest BCUT2D eigenvalue weighted by Gasteiger charge is 2.17. The molecule has 2 nitrogen and oxygen atoms in total. The number of para-hydroxylation sites is 1. The topological polar surface area (TPSA) is 21.3 Å². The molecule has 0 saturated carbocycles. The van der Waals surface area contributed by atoms with Crippen molar-refractivity contribution in [3.05, 3.63) is 59.4 Å². The van der Waals surface area contributed by atoms with Crippen LogP contribution in [0.3, 0.4) is 0 Å². The standard InChI is InChI=1S/C17H18FNO/c1-12-6-8-14(18)10-17(12)20-15-9-7-13-4-2-3-5-16(13)19-11-15/h2-6,8,10,15,19H,7,9,11H2,1H3. The smallest absolute Gasteiger partial charge is 0.126 e. The van der Waals surface area contributed by atoms with Crippen molar-refractivity contribution in [3.63, 3.8) is 0 Å². The Kier molecular flexibility index (Phi) is 3.59. The molecule has 1 unspecified atom stereocenters. The van der Waals surface area contributed by atoms with E-state index >= 15 is 0 Å². The summed E-state index contributed by atoms with van der Waals surface area (Å²) < 4.78 is 19.3. The summed E-state index contributed by atoms with van der Waals surface area (Å²) in [5.74, 6) is 0.387. The normalized spacial score (nSPS) is 17.8. The molecule has 20 heavy (non-hydrogen) atoms. The van der Waals surface area contributed by atoms with Crippen LogP contribution in [0.25, 0.3) is 0 Å². The molecule has 1 heterocycles. The highest BCUT2D eigenvalue weighted by atomic mass is 19.1. The lowest BCUT2D eigenvalue weighted by molar-refractivity contribution is 0.204. The Morgan fingerprint density at radius 1 is 1.20 bits per heavy atom. The van der Waals surface area contributed by atoms with Gasteiger partial charge in [-0.1, -0.05) is 24.3 Å². The number of aryl methyl sites for hydroxylation is 2. The number of halogens is 1. The van der Waals surface area contributed by atoms with Crippen molar-refractivity contribution < 1.29 is 9.13 Å². The quantitative estimate of drug-likeness (QED) is 0.893. The average Bonchev–Trinajstić information content (AvgIpc) is 2.66. The summed E-state index contributed by atoms with van der Waals surface area (Å²) >= 11 is 0. The fourth-order valence-electron chi connectivity index (χ4n) is 2.53. The fraction of sp³-hybridized carbons (Fsp3) is 0.294. The van der Waals surface area contributed by atoms with E-state index in [9.17, 15) is 4.39 Å². The molecule has 3 rings (SSSR count). The Balaban J connectivity index is 1.73. The summed E-state index contributed by atoms with van der Waals surface area (Å²) in [6, 6.07) is 13.0. The molecule has 0 aromatic heterocycles. The minimum absolute atomic E-state index is 0.0582. The number of hydrogen-bond donors (Lipinski definition) is 1. The van der Waals surface area contributed by atoms with Gasteiger partial charge in [0.15, 0.2) is 0 Å². The third-order valence-corrected chi connectivity index (χ3v) is 3.72. The molecule has 0 aliphatic carbocycles. The Morgan fingerprint density at radius 3 is 2.95 bits per heavy atom. The lowest BCUT2D eigenvalue weighted by Crippen LogP contribution is -2.25. The van der Waals surface area contributed by atoms with E-state index in [1.165, 1.54) is 23.4 Å². The van der Waals surface area contributed by atoms with E-state index in [4.69, 9.17) is 4.74 Å². The number of rotatable bonds is 2. The van der Waals surface area contributed by atoms with Crippen LogP contribution >= 0.6 is 0 Å². The fourth-order valence-corrected chi connectivity index (χ4v) is 2.53. The van der Waals surface area contributed by atoms with E-state index in [-0.39, 0.29) is 11.9 Å². The van der Waals surface area contributed by atoms with Crippen LogP contribution in [0.1, 0.15) is 17.5 Å². The lowest BCUT2D eigenvalue weighted by atomic mass is 10.1. The third kappa shape index (κ3) is 2.77. The van der Waals surface area contributed by atoms with Crippen LogP contribution in [0.5, 0.6) is 5.75 Å². The number of ether oxygens (including phenoxy) is 1. The van der Waals surface area contributed by atoms with E-state index in [2.05, 4.69) is 23.5 Å². The molecule has 0 spiro atoms. The summed E-state index contributed by atoms with van der Waals surface area (Å²) in [5, 5.41) is 3.41. The molecular formula is C17H18FNO. The monoisotopic (exact) mass is 271 g/mol. The van der Waals surface area contributed by atoms with Crippen molar-refractivity contribution in [2.75, 3.05) is 11.9 Å². The Hall–Kier alpha value is -2.03. The summed E-state index contributed by atoms with van der Waals surface area (Å²) in [5.41, 5.74) is 3.46. The second kappa shape index (κ2) is 5.53. The van der Waals surface area contributed by atoms with Gasteiger partial charge < -0.3 is 10.1 Å². The molecule has 1 aliphatic rings. The number of nitrogens with one attached hydrogen (secondary N) is 1. The maximum Gasteiger partial charge on any atom is 0.126 e. The first kappa shape index (κ1) is 13.0. The van der Waals surface area contributed by atoms with Crippen molar-refractivity contribution in [1.82, 2.24) is 0 Å². The third-order valence-electron chi connectivity index (χ3n) is 3.72. The van der Waals surface area contributed by atoms with Gasteiger partial charge in [0.2, 0.25) is 0 Å². The Morgan fingerprint density at radius 2 is 2.05 bits per heavy atom. The molecule has 1 atom stereocenters. The van der Waals surface area contributed by atoms with Crippen molar-refractivity contribution >= 4 is 5.69 Å². The highest BCUT2D eigenvalue weighted by molar-refractivity contribution is 5.52. The van der Waals surface area contributed by atoms with Crippen LogP contribution in [0.15, 0.2) is 42.5 Å². The van der Waals surface area contributed by atoms with Crippen molar-refractivity contribution in [3.8, 4) is 5.75 Å². The molecule has 0 radical (unpaired) electrons. The predicted octanol–water partition coefficient (Wildman–Crippen LogP) is 3.94. The number of fused-ring (bicyclic) bond motifs is 1. The van der Waals surface area contributed by atoms with Crippen LogP contribution in [0.4, 0.5) is 10.1 Å². The average molecular weight is 271 g/mol. The zero-order chi connectivity index (χ0) is 13.9. The van der Waals surface area contributed by atoms with Gasteiger partial charge in [0.05, 0.1) is 6.54 Å².